The Bertz CT molecular complexity index is 540. The molecule has 0 atom stereocenters. The number of aromatic nitrogens is 1. The van der Waals surface area contributed by atoms with Crippen LogP contribution in [-0.2, 0) is 0 Å². The Morgan fingerprint density at radius 1 is 1.18 bits per heavy atom. The molecule has 1 aromatic carbocycles. The monoisotopic (exact) mass is 292 g/mol. The van der Waals surface area contributed by atoms with E-state index in [2.05, 4.69) is 26.2 Å². The van der Waals surface area contributed by atoms with Crippen molar-refractivity contribution in [3.05, 3.63) is 47.2 Å². The lowest BCUT2D eigenvalue weighted by Gasteiger charge is -2.04. The van der Waals surface area contributed by atoms with Crippen LogP contribution in [0.2, 0.25) is 0 Å². The van der Waals surface area contributed by atoms with Crippen LogP contribution in [0, 0.1) is 0 Å². The minimum atomic E-state index is -1.07. The average Bonchev–Trinajstić information content (AvgIpc) is 2.29. The van der Waals surface area contributed by atoms with Crippen molar-refractivity contribution in [2.45, 2.75) is 0 Å². The van der Waals surface area contributed by atoms with E-state index < -0.39 is 6.09 Å². The zero-order chi connectivity index (χ0) is 12.3. The fraction of sp³-hybridized carbons (Fsp3) is 0. The predicted molar refractivity (Wildman–Crippen MR) is 69.0 cm³/mol. The summed E-state index contributed by atoms with van der Waals surface area (Å²) in [4.78, 5) is 14.5. The molecule has 1 heterocycles. The van der Waals surface area contributed by atoms with Crippen molar-refractivity contribution in [1.82, 2.24) is 4.98 Å². The quantitative estimate of drug-likeness (QED) is 0.889. The summed E-state index contributed by atoms with van der Waals surface area (Å²) in [6.45, 7) is 0. The summed E-state index contributed by atoms with van der Waals surface area (Å²) < 4.78 is 0.905. The van der Waals surface area contributed by atoms with Gasteiger partial charge in [-0.3, -0.25) is 10.3 Å². The number of rotatable bonds is 2. The van der Waals surface area contributed by atoms with Gasteiger partial charge < -0.3 is 5.11 Å². The van der Waals surface area contributed by atoms with Crippen LogP contribution in [0.5, 0.6) is 0 Å². The van der Waals surface area contributed by atoms with Gasteiger partial charge in [0, 0.05) is 28.1 Å². The van der Waals surface area contributed by atoms with Gasteiger partial charge in [-0.2, -0.15) is 0 Å². The Hall–Kier alpha value is -1.88. The molecule has 5 heteroatoms. The number of carboxylic acid groups (broad SMARTS) is 1. The molecule has 0 saturated heterocycles. The van der Waals surface area contributed by atoms with E-state index in [0.29, 0.717) is 5.69 Å². The molecule has 0 spiro atoms. The number of nitrogens with zero attached hydrogens (tertiary/aromatic N) is 1. The lowest BCUT2D eigenvalue weighted by atomic mass is 10.1. The summed E-state index contributed by atoms with van der Waals surface area (Å²) >= 11 is 3.35. The van der Waals surface area contributed by atoms with E-state index in [-0.39, 0.29) is 0 Å². The van der Waals surface area contributed by atoms with Crippen molar-refractivity contribution >= 4 is 27.7 Å². The fourth-order valence-electron chi connectivity index (χ4n) is 1.44. The van der Waals surface area contributed by atoms with Gasteiger partial charge in [-0.05, 0) is 39.7 Å². The van der Waals surface area contributed by atoms with Crippen molar-refractivity contribution in [3.8, 4) is 11.1 Å². The smallest absolute Gasteiger partial charge is 0.409 e. The zero-order valence-corrected chi connectivity index (χ0v) is 10.3. The van der Waals surface area contributed by atoms with Crippen molar-refractivity contribution in [2.75, 3.05) is 5.32 Å². The lowest BCUT2D eigenvalue weighted by molar-refractivity contribution is 0.210. The van der Waals surface area contributed by atoms with Crippen LogP contribution in [0.1, 0.15) is 0 Å². The van der Waals surface area contributed by atoms with E-state index in [1.165, 1.54) is 0 Å². The maximum absolute atomic E-state index is 10.4. The highest BCUT2D eigenvalue weighted by atomic mass is 79.9. The number of hydrogen-bond donors (Lipinski definition) is 2. The van der Waals surface area contributed by atoms with E-state index in [9.17, 15) is 4.79 Å². The van der Waals surface area contributed by atoms with E-state index >= 15 is 0 Å². The van der Waals surface area contributed by atoms with Crippen molar-refractivity contribution in [3.63, 3.8) is 0 Å². The third-order valence-electron chi connectivity index (χ3n) is 2.17. The highest BCUT2D eigenvalue weighted by molar-refractivity contribution is 9.10. The number of pyridine rings is 1. The van der Waals surface area contributed by atoms with Crippen molar-refractivity contribution in [1.29, 1.82) is 0 Å². The van der Waals surface area contributed by atoms with Gasteiger partial charge in [0.05, 0.1) is 0 Å². The summed E-state index contributed by atoms with van der Waals surface area (Å²) in [5, 5.41) is 10.8. The molecule has 2 N–H and O–H groups in total. The van der Waals surface area contributed by atoms with Crippen LogP contribution in [0.4, 0.5) is 10.5 Å². The molecule has 1 aromatic heterocycles. The third kappa shape index (κ3) is 3.04. The third-order valence-corrected chi connectivity index (χ3v) is 2.61. The molecule has 1 amide bonds. The van der Waals surface area contributed by atoms with Crippen LogP contribution < -0.4 is 5.32 Å². The summed E-state index contributed by atoms with van der Waals surface area (Å²) in [7, 11) is 0. The Morgan fingerprint density at radius 2 is 1.88 bits per heavy atom. The lowest BCUT2D eigenvalue weighted by Crippen LogP contribution is -2.06. The maximum Gasteiger partial charge on any atom is 0.409 e. The first-order chi connectivity index (χ1) is 8.15. The molecule has 0 saturated carbocycles. The molecule has 2 aromatic rings. The second-order valence-corrected chi connectivity index (χ2v) is 4.32. The number of amides is 1. The van der Waals surface area contributed by atoms with Gasteiger partial charge in [-0.15, -0.1) is 0 Å². The molecule has 0 unspecified atom stereocenters. The molecule has 0 aliphatic carbocycles. The number of benzene rings is 1. The zero-order valence-electron chi connectivity index (χ0n) is 8.72. The van der Waals surface area contributed by atoms with Crippen LogP contribution in [0.15, 0.2) is 47.2 Å². The summed E-state index contributed by atoms with van der Waals surface area (Å²) in [6.07, 6.45) is 2.40. The molecular formula is C12H9BrN2O2. The SMILES string of the molecule is O=C(O)Nc1ccc(-c2cncc(Br)c2)cc1. The molecule has 0 fully saturated rings. The molecule has 4 nitrogen and oxygen atoms in total. The second kappa shape index (κ2) is 4.97. The second-order valence-electron chi connectivity index (χ2n) is 3.40. The Kier molecular flexibility index (Phi) is 3.39. The van der Waals surface area contributed by atoms with Gasteiger partial charge in [0.1, 0.15) is 0 Å². The summed E-state index contributed by atoms with van der Waals surface area (Å²) in [5.41, 5.74) is 2.50. The first kappa shape index (κ1) is 11.6. The van der Waals surface area contributed by atoms with E-state index in [4.69, 9.17) is 5.11 Å². The molecule has 0 aliphatic rings. The predicted octanol–water partition coefficient (Wildman–Crippen LogP) is 3.60. The van der Waals surface area contributed by atoms with Crippen LogP contribution in [0.3, 0.4) is 0 Å². The molecule has 2 rings (SSSR count). The van der Waals surface area contributed by atoms with Gasteiger partial charge in [0.25, 0.3) is 0 Å². The molecule has 17 heavy (non-hydrogen) atoms. The van der Waals surface area contributed by atoms with Crippen LogP contribution in [-0.4, -0.2) is 16.2 Å². The topological polar surface area (TPSA) is 62.2 Å². The van der Waals surface area contributed by atoms with Crippen LogP contribution >= 0.6 is 15.9 Å². The number of halogens is 1. The number of nitrogens with one attached hydrogen (secondary N) is 1. The molecule has 86 valence electrons. The fourth-order valence-corrected chi connectivity index (χ4v) is 1.80. The van der Waals surface area contributed by atoms with E-state index in [0.717, 1.165) is 15.6 Å². The van der Waals surface area contributed by atoms with Crippen molar-refractivity contribution < 1.29 is 9.90 Å². The van der Waals surface area contributed by atoms with Crippen molar-refractivity contribution in [2.24, 2.45) is 0 Å². The maximum atomic E-state index is 10.4. The average molecular weight is 293 g/mol. The van der Waals surface area contributed by atoms with Crippen LogP contribution in [0.25, 0.3) is 11.1 Å². The van der Waals surface area contributed by atoms with E-state index in [1.54, 1.807) is 24.5 Å². The van der Waals surface area contributed by atoms with Gasteiger partial charge in [0.2, 0.25) is 0 Å². The largest absolute Gasteiger partial charge is 0.465 e. The first-order valence-electron chi connectivity index (χ1n) is 4.86. The number of anilines is 1. The molecular weight excluding hydrogens is 284 g/mol. The number of carbonyl (C=O) groups is 1. The summed E-state index contributed by atoms with van der Waals surface area (Å²) in [6, 6.07) is 9.06. The molecule has 0 bridgehead atoms. The highest BCUT2D eigenvalue weighted by Gasteiger charge is 2.01. The van der Waals surface area contributed by atoms with Gasteiger partial charge in [0.15, 0.2) is 0 Å². The van der Waals surface area contributed by atoms with Gasteiger partial charge in [-0.1, -0.05) is 12.1 Å². The summed E-state index contributed by atoms with van der Waals surface area (Å²) in [5.74, 6) is 0. The molecule has 0 radical (unpaired) electrons. The Labute approximate surface area is 106 Å². The minimum absolute atomic E-state index is 0.546. The number of hydrogen-bond acceptors (Lipinski definition) is 2. The minimum Gasteiger partial charge on any atom is -0.465 e. The van der Waals surface area contributed by atoms with E-state index in [1.807, 2.05) is 18.2 Å². The Balaban J connectivity index is 2.26. The first-order valence-corrected chi connectivity index (χ1v) is 5.65. The standard InChI is InChI=1S/C12H9BrN2O2/c13-10-5-9(6-14-7-10)8-1-3-11(4-2-8)15-12(16)17/h1-7,15H,(H,16,17). The van der Waals surface area contributed by atoms with Gasteiger partial charge >= 0.3 is 6.09 Å². The van der Waals surface area contributed by atoms with Gasteiger partial charge in [-0.25, -0.2) is 4.79 Å². The Morgan fingerprint density at radius 3 is 2.47 bits per heavy atom. The molecule has 0 aliphatic heterocycles. The highest BCUT2D eigenvalue weighted by Crippen LogP contribution is 2.23. The normalized spacial score (nSPS) is 9.94.